The molecule has 2 aromatic heterocycles. The van der Waals surface area contributed by atoms with E-state index in [4.69, 9.17) is 40.8 Å². The summed E-state index contributed by atoms with van der Waals surface area (Å²) in [5, 5.41) is 10.2. The number of pyridine rings is 1. The van der Waals surface area contributed by atoms with Gasteiger partial charge >= 0.3 is 0 Å². The van der Waals surface area contributed by atoms with Gasteiger partial charge in [-0.1, -0.05) is 48.0 Å². The van der Waals surface area contributed by atoms with Crippen molar-refractivity contribution in [2.45, 2.75) is 56.8 Å². The molecule has 12 nitrogen and oxygen atoms in total. The molecule has 2 aromatic carbocycles. The van der Waals surface area contributed by atoms with Gasteiger partial charge in [-0.25, -0.2) is 9.97 Å². The number of fused-ring (bicyclic) bond motifs is 1. The molecule has 6 heterocycles. The first-order valence-electron chi connectivity index (χ1n) is 17.3. The second-order valence-corrected chi connectivity index (χ2v) is 14.2. The summed E-state index contributed by atoms with van der Waals surface area (Å²) in [7, 11) is 3.22. The molecule has 0 bridgehead atoms. The maximum absolute atomic E-state index is 11.8. The largest absolute Gasteiger partial charge is 0.491 e. The molecule has 4 aliphatic rings. The maximum atomic E-state index is 11.8. The first-order chi connectivity index (χ1) is 24.7. The van der Waals surface area contributed by atoms with Crippen LogP contribution in [0.1, 0.15) is 48.5 Å². The fourth-order valence-electron chi connectivity index (χ4n) is 7.86. The quantitative estimate of drug-likeness (QED) is 0.214. The van der Waals surface area contributed by atoms with E-state index in [9.17, 15) is 9.59 Å². The lowest BCUT2D eigenvalue weighted by Gasteiger charge is -2.47. The molecule has 0 aliphatic carbocycles. The Morgan fingerprint density at radius 2 is 1.73 bits per heavy atom. The van der Waals surface area contributed by atoms with Crippen molar-refractivity contribution < 1.29 is 23.8 Å². The van der Waals surface area contributed by atoms with Gasteiger partial charge in [-0.3, -0.25) is 19.5 Å². The molecule has 51 heavy (non-hydrogen) atoms. The van der Waals surface area contributed by atoms with Crippen molar-refractivity contribution in [1.82, 2.24) is 35.8 Å². The number of benzene rings is 2. The van der Waals surface area contributed by atoms with E-state index in [2.05, 4.69) is 33.8 Å². The van der Waals surface area contributed by atoms with E-state index in [1.54, 1.807) is 20.4 Å². The fourth-order valence-corrected chi connectivity index (χ4v) is 8.19. The number of carbonyl (C=O) groups excluding carboxylic acids is 2. The molecule has 1 spiro atoms. The van der Waals surface area contributed by atoms with Gasteiger partial charge in [0.1, 0.15) is 18.1 Å². The summed E-state index contributed by atoms with van der Waals surface area (Å²) in [6.45, 7) is 5.32. The van der Waals surface area contributed by atoms with Gasteiger partial charge in [0.05, 0.1) is 54.0 Å². The van der Waals surface area contributed by atoms with Crippen molar-refractivity contribution in [3.8, 4) is 51.2 Å². The van der Waals surface area contributed by atoms with Crippen molar-refractivity contribution in [1.29, 1.82) is 0 Å². The number of carbonyl (C=O) groups is 2. The van der Waals surface area contributed by atoms with Crippen LogP contribution in [0.3, 0.4) is 0 Å². The Kier molecular flexibility index (Phi) is 8.77. The van der Waals surface area contributed by atoms with Crippen molar-refractivity contribution in [2.75, 3.05) is 40.5 Å². The highest BCUT2D eigenvalue weighted by atomic mass is 35.5. The van der Waals surface area contributed by atoms with Crippen LogP contribution in [0, 0.1) is 6.92 Å². The zero-order chi connectivity index (χ0) is 35.3. The third-order valence-electron chi connectivity index (χ3n) is 10.5. The maximum Gasteiger partial charge on any atom is 0.237 e. The highest BCUT2D eigenvalue weighted by molar-refractivity contribution is 6.36. The second kappa shape index (κ2) is 13.4. The first-order valence-corrected chi connectivity index (χ1v) is 17.7. The van der Waals surface area contributed by atoms with Gasteiger partial charge in [0, 0.05) is 67.8 Å². The van der Waals surface area contributed by atoms with Gasteiger partial charge in [-0.15, -0.1) is 0 Å². The van der Waals surface area contributed by atoms with Crippen LogP contribution in [0.4, 0.5) is 0 Å². The Morgan fingerprint density at radius 1 is 0.980 bits per heavy atom. The van der Waals surface area contributed by atoms with Gasteiger partial charge in [-0.05, 0) is 30.9 Å². The van der Waals surface area contributed by atoms with E-state index in [0.717, 1.165) is 76.4 Å². The zero-order valence-corrected chi connectivity index (χ0v) is 29.6. The SMILES string of the molecule is COc1nc(-c2cccc(-c3cccc(-c4cc5c(c(OC)n4)[C@@H](NC[C@@H]4CCC(=O)N4)CO5)c3C)c2Cl)cnc1CN1CC2(CCC(=O)N2)C1. The van der Waals surface area contributed by atoms with E-state index < -0.39 is 0 Å². The number of amides is 2. The molecule has 8 rings (SSSR count). The number of ether oxygens (including phenoxy) is 3. The monoisotopic (exact) mass is 709 g/mol. The van der Waals surface area contributed by atoms with Crippen LogP contribution in [-0.4, -0.2) is 83.7 Å². The molecule has 4 aliphatic heterocycles. The Hall–Kier alpha value is -4.78. The fraction of sp³-hybridized carbons (Fsp3) is 0.395. The molecule has 2 amide bonds. The third-order valence-corrected chi connectivity index (χ3v) is 10.9. The van der Waals surface area contributed by atoms with E-state index in [1.807, 2.05) is 36.4 Å². The minimum Gasteiger partial charge on any atom is -0.491 e. The lowest BCUT2D eigenvalue weighted by molar-refractivity contribution is -0.121. The first kappa shape index (κ1) is 33.4. The average Bonchev–Trinajstić information content (AvgIpc) is 3.85. The molecule has 2 atom stereocenters. The lowest BCUT2D eigenvalue weighted by Crippen LogP contribution is -2.66. The molecule has 3 N–H and O–H groups in total. The smallest absolute Gasteiger partial charge is 0.237 e. The topological polar surface area (TPSA) is 140 Å². The summed E-state index contributed by atoms with van der Waals surface area (Å²) >= 11 is 7.17. The molecular formula is C38H40ClN7O5. The molecule has 0 unspecified atom stereocenters. The standard InChI is InChI=1S/C38H40ClN7O5/c1-21-23(6-4-7-24(21)27-14-31-34(37(43-27)50-3)30(18-51-31)40-15-22-10-11-32(47)42-22)25-8-5-9-26(35(25)39)28-16-41-29(36(44-28)49-2)17-46-19-38(20-46)13-12-33(48)45-38/h4-9,14,16,22,30,40H,10-13,15,17-20H2,1-3H3,(H,42,47)(H,45,48)/t22-,30-/m0/s1. The van der Waals surface area contributed by atoms with E-state index in [1.165, 1.54) is 0 Å². The number of methoxy groups -OCH3 is 2. The van der Waals surface area contributed by atoms with Crippen molar-refractivity contribution in [3.05, 3.63) is 70.5 Å². The van der Waals surface area contributed by atoms with E-state index >= 15 is 0 Å². The number of halogens is 1. The van der Waals surface area contributed by atoms with Gasteiger partial charge in [0.15, 0.2) is 0 Å². The van der Waals surface area contributed by atoms with Gasteiger partial charge in [-0.2, -0.15) is 0 Å². The minimum atomic E-state index is -0.102. The molecule has 0 radical (unpaired) electrons. The highest BCUT2D eigenvalue weighted by Crippen LogP contribution is 2.44. The summed E-state index contributed by atoms with van der Waals surface area (Å²) in [5.74, 6) is 1.90. The molecule has 3 fully saturated rings. The predicted molar refractivity (Wildman–Crippen MR) is 192 cm³/mol. The summed E-state index contributed by atoms with van der Waals surface area (Å²) in [5.41, 5.74) is 7.35. The summed E-state index contributed by atoms with van der Waals surface area (Å²) in [6, 6.07) is 14.0. The van der Waals surface area contributed by atoms with Crippen LogP contribution in [0.2, 0.25) is 5.02 Å². The number of likely N-dealkylation sites (tertiary alicyclic amines) is 1. The summed E-state index contributed by atoms with van der Waals surface area (Å²) < 4.78 is 17.6. The Balaban J connectivity index is 1.04. The van der Waals surface area contributed by atoms with E-state index in [0.29, 0.717) is 55.0 Å². The second-order valence-electron chi connectivity index (χ2n) is 13.8. The molecule has 13 heteroatoms. The molecule has 3 saturated heterocycles. The number of nitrogens with zero attached hydrogens (tertiary/aromatic N) is 4. The minimum absolute atomic E-state index is 0.0941. The van der Waals surface area contributed by atoms with Crippen molar-refractivity contribution in [2.24, 2.45) is 0 Å². The number of rotatable bonds is 10. The third kappa shape index (κ3) is 6.25. The van der Waals surface area contributed by atoms with Crippen LogP contribution < -0.4 is 30.2 Å². The summed E-state index contributed by atoms with van der Waals surface area (Å²) in [6.07, 6.45) is 4.58. The van der Waals surface area contributed by atoms with Crippen LogP contribution in [0.5, 0.6) is 17.5 Å². The predicted octanol–water partition coefficient (Wildman–Crippen LogP) is 4.62. The van der Waals surface area contributed by atoms with Crippen LogP contribution in [0.25, 0.3) is 33.6 Å². The normalized spacial score (nSPS) is 20.5. The van der Waals surface area contributed by atoms with Crippen LogP contribution in [-0.2, 0) is 16.1 Å². The summed E-state index contributed by atoms with van der Waals surface area (Å²) in [4.78, 5) is 40.2. The number of nitrogens with one attached hydrogen (secondary N) is 3. The highest BCUT2D eigenvalue weighted by Gasteiger charge is 2.47. The van der Waals surface area contributed by atoms with E-state index in [-0.39, 0.29) is 29.4 Å². The molecule has 0 saturated carbocycles. The number of aromatic nitrogens is 3. The van der Waals surface area contributed by atoms with Gasteiger partial charge in [0.2, 0.25) is 23.6 Å². The molecular weight excluding hydrogens is 670 g/mol. The number of hydrogen-bond donors (Lipinski definition) is 3. The average molecular weight is 710 g/mol. The Labute approximate surface area is 301 Å². The zero-order valence-electron chi connectivity index (χ0n) is 28.8. The van der Waals surface area contributed by atoms with Gasteiger partial charge in [0.25, 0.3) is 0 Å². The lowest BCUT2D eigenvalue weighted by atomic mass is 9.88. The number of hydrogen-bond acceptors (Lipinski definition) is 10. The molecule has 4 aromatic rings. The van der Waals surface area contributed by atoms with Crippen LogP contribution in [0.15, 0.2) is 48.7 Å². The Bertz CT molecular complexity index is 2030. The van der Waals surface area contributed by atoms with Crippen LogP contribution >= 0.6 is 11.6 Å². The molecule has 264 valence electrons. The van der Waals surface area contributed by atoms with Crippen molar-refractivity contribution >= 4 is 23.4 Å². The van der Waals surface area contributed by atoms with Gasteiger partial charge < -0.3 is 30.2 Å². The van der Waals surface area contributed by atoms with Crippen molar-refractivity contribution in [3.63, 3.8) is 0 Å². The Morgan fingerprint density at radius 3 is 2.45 bits per heavy atom.